The average Bonchev–Trinajstić information content (AvgIpc) is 2.32. The van der Waals surface area contributed by atoms with Crippen LogP contribution in [0.4, 0.5) is 8.78 Å². The van der Waals surface area contributed by atoms with Crippen molar-refractivity contribution in [3.8, 4) is 0 Å². The van der Waals surface area contributed by atoms with Crippen molar-refractivity contribution in [1.82, 2.24) is 5.32 Å². The van der Waals surface area contributed by atoms with Gasteiger partial charge < -0.3 is 10.4 Å². The molecule has 2 rings (SSSR count). The molecule has 6 heteroatoms. The third-order valence-corrected chi connectivity index (χ3v) is 3.96. The van der Waals surface area contributed by atoms with E-state index < -0.39 is 11.6 Å². The zero-order valence-electron chi connectivity index (χ0n) is 10.2. The number of carbonyl (C=O) groups excluding carboxylic acids is 1. The Morgan fingerprint density at radius 2 is 2.11 bits per heavy atom. The molecule has 19 heavy (non-hydrogen) atoms. The smallest absolute Gasteiger partial charge is 0.221 e. The summed E-state index contributed by atoms with van der Waals surface area (Å²) in [6.45, 7) is 0. The molecule has 0 radical (unpaired) electrons. The molecule has 0 saturated heterocycles. The van der Waals surface area contributed by atoms with Crippen LogP contribution in [-0.2, 0) is 4.79 Å². The van der Waals surface area contributed by atoms with E-state index in [-0.39, 0.29) is 18.1 Å². The Hall–Kier alpha value is -1.14. The number of nitrogens with one attached hydrogen (secondary N) is 1. The van der Waals surface area contributed by atoms with Gasteiger partial charge in [-0.2, -0.15) is 0 Å². The molecular formula is C13H15F2NO2S. The molecule has 0 atom stereocenters. The van der Waals surface area contributed by atoms with Gasteiger partial charge in [-0.15, -0.1) is 11.8 Å². The van der Waals surface area contributed by atoms with E-state index in [4.69, 9.17) is 5.11 Å². The first-order valence-corrected chi connectivity index (χ1v) is 7.08. The molecule has 0 unspecified atom stereocenters. The minimum Gasteiger partial charge on any atom is -0.393 e. The highest BCUT2D eigenvalue weighted by atomic mass is 32.2. The molecule has 0 aliphatic heterocycles. The predicted molar refractivity (Wildman–Crippen MR) is 68.9 cm³/mol. The highest BCUT2D eigenvalue weighted by Gasteiger charge is 2.27. The van der Waals surface area contributed by atoms with Crippen LogP contribution in [-0.4, -0.2) is 28.9 Å². The first-order chi connectivity index (χ1) is 9.04. The van der Waals surface area contributed by atoms with E-state index >= 15 is 0 Å². The number of benzene rings is 1. The normalized spacial score (nSPS) is 21.8. The van der Waals surface area contributed by atoms with Crippen LogP contribution in [0.15, 0.2) is 23.1 Å². The summed E-state index contributed by atoms with van der Waals surface area (Å²) in [6.07, 6.45) is 1.25. The molecule has 1 aliphatic rings. The first-order valence-electron chi connectivity index (χ1n) is 6.10. The van der Waals surface area contributed by atoms with E-state index in [1.54, 1.807) is 0 Å². The van der Waals surface area contributed by atoms with Gasteiger partial charge in [-0.3, -0.25) is 4.79 Å². The van der Waals surface area contributed by atoms with Gasteiger partial charge in [0.05, 0.1) is 6.10 Å². The standard InChI is InChI=1S/C13H15F2NO2S/c14-11-2-1-10(7-12(11)15)19-4-3-13(18)16-8-5-9(17)6-8/h1-2,7-9,17H,3-6H2,(H,16,18). The fourth-order valence-corrected chi connectivity index (χ4v) is 2.71. The minimum atomic E-state index is -0.877. The van der Waals surface area contributed by atoms with Crippen molar-refractivity contribution in [2.45, 2.75) is 36.3 Å². The lowest BCUT2D eigenvalue weighted by atomic mass is 9.89. The quantitative estimate of drug-likeness (QED) is 0.815. The van der Waals surface area contributed by atoms with E-state index in [2.05, 4.69) is 5.32 Å². The van der Waals surface area contributed by atoms with Crippen LogP contribution < -0.4 is 5.32 Å². The summed E-state index contributed by atoms with van der Waals surface area (Å²) in [7, 11) is 0. The third kappa shape index (κ3) is 4.18. The topological polar surface area (TPSA) is 49.3 Å². The number of amides is 1. The van der Waals surface area contributed by atoms with E-state index in [0.717, 1.165) is 12.1 Å². The Morgan fingerprint density at radius 1 is 1.37 bits per heavy atom. The number of aliphatic hydroxyl groups is 1. The molecule has 1 aromatic carbocycles. The van der Waals surface area contributed by atoms with E-state index in [0.29, 0.717) is 29.9 Å². The van der Waals surface area contributed by atoms with Crippen molar-refractivity contribution in [2.24, 2.45) is 0 Å². The summed E-state index contributed by atoms with van der Waals surface area (Å²) in [5.41, 5.74) is 0. The zero-order valence-corrected chi connectivity index (χ0v) is 11.1. The van der Waals surface area contributed by atoms with Gasteiger partial charge in [0.2, 0.25) is 5.91 Å². The Bertz CT molecular complexity index is 464. The molecule has 1 aromatic rings. The Morgan fingerprint density at radius 3 is 2.74 bits per heavy atom. The SMILES string of the molecule is O=C(CCSc1ccc(F)c(F)c1)NC1CC(O)C1. The van der Waals surface area contributed by atoms with Gasteiger partial charge in [-0.05, 0) is 31.0 Å². The zero-order chi connectivity index (χ0) is 13.8. The fourth-order valence-electron chi connectivity index (χ4n) is 1.83. The van der Waals surface area contributed by atoms with Crippen molar-refractivity contribution in [3.63, 3.8) is 0 Å². The van der Waals surface area contributed by atoms with Gasteiger partial charge in [0, 0.05) is 23.1 Å². The Balaban J connectivity index is 1.68. The van der Waals surface area contributed by atoms with Crippen LogP contribution in [0.5, 0.6) is 0 Å². The lowest BCUT2D eigenvalue weighted by molar-refractivity contribution is -0.122. The van der Waals surface area contributed by atoms with E-state index in [1.807, 2.05) is 0 Å². The van der Waals surface area contributed by atoms with Gasteiger partial charge in [0.1, 0.15) is 0 Å². The van der Waals surface area contributed by atoms with Gasteiger partial charge in [0.25, 0.3) is 0 Å². The second-order valence-electron chi connectivity index (χ2n) is 4.56. The molecule has 1 fully saturated rings. The molecule has 3 nitrogen and oxygen atoms in total. The Labute approximate surface area is 114 Å². The van der Waals surface area contributed by atoms with Crippen molar-refractivity contribution in [2.75, 3.05) is 5.75 Å². The van der Waals surface area contributed by atoms with Crippen LogP contribution in [0.3, 0.4) is 0 Å². The summed E-state index contributed by atoms with van der Waals surface area (Å²) < 4.78 is 25.6. The number of hydrogen-bond acceptors (Lipinski definition) is 3. The molecule has 1 amide bonds. The van der Waals surface area contributed by atoms with Gasteiger partial charge in [-0.1, -0.05) is 0 Å². The fraction of sp³-hybridized carbons (Fsp3) is 0.462. The maximum Gasteiger partial charge on any atom is 0.221 e. The molecular weight excluding hydrogens is 272 g/mol. The second kappa shape index (κ2) is 6.34. The molecule has 104 valence electrons. The van der Waals surface area contributed by atoms with Crippen LogP contribution in [0.2, 0.25) is 0 Å². The molecule has 0 spiro atoms. The summed E-state index contributed by atoms with van der Waals surface area (Å²) >= 11 is 1.31. The number of halogens is 2. The van der Waals surface area contributed by atoms with Crippen molar-refractivity contribution < 1.29 is 18.7 Å². The van der Waals surface area contributed by atoms with Gasteiger partial charge in [0.15, 0.2) is 11.6 Å². The second-order valence-corrected chi connectivity index (χ2v) is 5.73. The average molecular weight is 287 g/mol. The number of aliphatic hydroxyl groups excluding tert-OH is 1. The van der Waals surface area contributed by atoms with Crippen molar-refractivity contribution in [3.05, 3.63) is 29.8 Å². The summed E-state index contributed by atoms with van der Waals surface area (Å²) in [4.78, 5) is 12.1. The largest absolute Gasteiger partial charge is 0.393 e. The maximum absolute atomic E-state index is 12.9. The highest BCUT2D eigenvalue weighted by molar-refractivity contribution is 7.99. The number of thioether (sulfide) groups is 1. The molecule has 0 bridgehead atoms. The molecule has 0 aromatic heterocycles. The molecule has 2 N–H and O–H groups in total. The van der Waals surface area contributed by atoms with Crippen LogP contribution in [0.1, 0.15) is 19.3 Å². The number of rotatable bonds is 5. The maximum atomic E-state index is 12.9. The van der Waals surface area contributed by atoms with E-state index in [1.165, 1.54) is 17.8 Å². The van der Waals surface area contributed by atoms with Gasteiger partial charge >= 0.3 is 0 Å². The highest BCUT2D eigenvalue weighted by Crippen LogP contribution is 2.22. The van der Waals surface area contributed by atoms with Crippen LogP contribution in [0.25, 0.3) is 0 Å². The van der Waals surface area contributed by atoms with Crippen molar-refractivity contribution >= 4 is 17.7 Å². The van der Waals surface area contributed by atoms with E-state index in [9.17, 15) is 13.6 Å². The molecule has 0 heterocycles. The lowest BCUT2D eigenvalue weighted by Gasteiger charge is -2.31. The molecule has 1 saturated carbocycles. The molecule has 1 aliphatic carbocycles. The summed E-state index contributed by atoms with van der Waals surface area (Å²) in [5.74, 6) is -1.32. The number of carbonyl (C=O) groups is 1. The Kier molecular flexibility index (Phi) is 4.76. The van der Waals surface area contributed by atoms with Gasteiger partial charge in [-0.25, -0.2) is 8.78 Å². The van der Waals surface area contributed by atoms with Crippen molar-refractivity contribution in [1.29, 1.82) is 0 Å². The summed E-state index contributed by atoms with van der Waals surface area (Å²) in [5, 5.41) is 11.9. The van der Waals surface area contributed by atoms with Crippen LogP contribution >= 0.6 is 11.8 Å². The minimum absolute atomic E-state index is 0.0769. The first kappa shape index (κ1) is 14.3. The monoisotopic (exact) mass is 287 g/mol. The lowest BCUT2D eigenvalue weighted by Crippen LogP contribution is -2.46. The third-order valence-electron chi connectivity index (χ3n) is 2.97. The van der Waals surface area contributed by atoms with Crippen LogP contribution in [0, 0.1) is 11.6 Å². The predicted octanol–water partition coefficient (Wildman–Crippen LogP) is 2.09. The summed E-state index contributed by atoms with van der Waals surface area (Å²) in [6, 6.07) is 3.77. The number of hydrogen-bond donors (Lipinski definition) is 2.